The molecule has 1 aromatic heterocycles. The van der Waals surface area contributed by atoms with Gasteiger partial charge < -0.3 is 5.32 Å². The van der Waals surface area contributed by atoms with Crippen molar-refractivity contribution in [3.63, 3.8) is 0 Å². The lowest BCUT2D eigenvalue weighted by Gasteiger charge is -2.06. The maximum Gasteiger partial charge on any atom is 0.135 e. The molecule has 1 heterocycles. The Hall–Kier alpha value is -1.75. The fourth-order valence-corrected chi connectivity index (χ4v) is 1.80. The summed E-state index contributed by atoms with van der Waals surface area (Å²) in [4.78, 5) is 0. The third kappa shape index (κ3) is 2.56. The van der Waals surface area contributed by atoms with Gasteiger partial charge in [-0.25, -0.2) is 8.78 Å². The van der Waals surface area contributed by atoms with Crippen LogP contribution in [0, 0.1) is 11.6 Å². The van der Waals surface area contributed by atoms with Crippen LogP contribution in [0.4, 0.5) is 8.78 Å². The Morgan fingerprint density at radius 1 is 1.28 bits per heavy atom. The van der Waals surface area contributed by atoms with Gasteiger partial charge in [0.05, 0.1) is 17.5 Å². The lowest BCUT2D eigenvalue weighted by molar-refractivity contribution is 0.587. The molecule has 5 heteroatoms. The fourth-order valence-electron chi connectivity index (χ4n) is 1.80. The first-order valence-corrected chi connectivity index (χ1v) is 5.91. The molecule has 0 aliphatic carbocycles. The van der Waals surface area contributed by atoms with E-state index in [0.29, 0.717) is 12.2 Å². The smallest absolute Gasteiger partial charge is 0.135 e. The van der Waals surface area contributed by atoms with E-state index in [4.69, 9.17) is 0 Å². The Bertz CT molecular complexity index is 502. The van der Waals surface area contributed by atoms with Crippen LogP contribution in [-0.4, -0.2) is 16.7 Å². The molecule has 0 atom stereocenters. The minimum Gasteiger partial charge on any atom is -0.313 e. The first kappa shape index (κ1) is 12.7. The molecular weight excluding hydrogens is 236 g/mol. The average Bonchev–Trinajstić information content (AvgIpc) is 2.78. The van der Waals surface area contributed by atoms with Crippen LogP contribution >= 0.6 is 0 Å². The van der Waals surface area contributed by atoms with Gasteiger partial charge in [0.2, 0.25) is 0 Å². The number of hydrogen-bond donors (Lipinski definition) is 2. The molecule has 0 amide bonds. The van der Waals surface area contributed by atoms with Gasteiger partial charge in [-0.1, -0.05) is 13.0 Å². The summed E-state index contributed by atoms with van der Waals surface area (Å²) in [6, 6.07) is 3.82. The lowest BCUT2D eigenvalue weighted by Crippen LogP contribution is -2.14. The molecule has 0 aliphatic rings. The van der Waals surface area contributed by atoms with Gasteiger partial charge in [-0.3, -0.25) is 5.10 Å². The van der Waals surface area contributed by atoms with E-state index < -0.39 is 11.6 Å². The Kier molecular flexibility index (Phi) is 4.04. The molecular formula is C13H15F2N3. The highest BCUT2D eigenvalue weighted by molar-refractivity contribution is 5.64. The van der Waals surface area contributed by atoms with Crippen LogP contribution in [0.1, 0.15) is 18.9 Å². The molecule has 3 nitrogen and oxygen atoms in total. The van der Waals surface area contributed by atoms with Gasteiger partial charge in [0.1, 0.15) is 11.6 Å². The maximum atomic E-state index is 13.7. The van der Waals surface area contributed by atoms with E-state index in [1.54, 1.807) is 6.20 Å². The largest absolute Gasteiger partial charge is 0.313 e. The van der Waals surface area contributed by atoms with Crippen molar-refractivity contribution < 1.29 is 8.78 Å². The zero-order chi connectivity index (χ0) is 13.0. The molecule has 2 N–H and O–H groups in total. The Balaban J connectivity index is 2.31. The van der Waals surface area contributed by atoms with Crippen molar-refractivity contribution in [1.82, 2.24) is 15.5 Å². The van der Waals surface area contributed by atoms with Crippen LogP contribution in [0.3, 0.4) is 0 Å². The van der Waals surface area contributed by atoms with Gasteiger partial charge in [0.25, 0.3) is 0 Å². The minimum atomic E-state index is -0.587. The van der Waals surface area contributed by atoms with Crippen molar-refractivity contribution in [2.24, 2.45) is 0 Å². The van der Waals surface area contributed by atoms with E-state index in [1.165, 1.54) is 18.2 Å². The monoisotopic (exact) mass is 251 g/mol. The molecule has 18 heavy (non-hydrogen) atoms. The predicted molar refractivity (Wildman–Crippen MR) is 65.9 cm³/mol. The number of nitrogens with one attached hydrogen (secondary N) is 2. The highest BCUT2D eigenvalue weighted by Crippen LogP contribution is 2.26. The summed E-state index contributed by atoms with van der Waals surface area (Å²) in [5.41, 5.74) is 1.10. The number of rotatable bonds is 5. The van der Waals surface area contributed by atoms with Gasteiger partial charge in [-0.15, -0.1) is 0 Å². The quantitative estimate of drug-likeness (QED) is 0.802. The number of aromatic amines is 1. The van der Waals surface area contributed by atoms with Gasteiger partial charge in [-0.05, 0) is 25.1 Å². The highest BCUT2D eigenvalue weighted by Gasteiger charge is 2.16. The van der Waals surface area contributed by atoms with Crippen LogP contribution in [0.5, 0.6) is 0 Å². The molecule has 0 saturated heterocycles. The zero-order valence-electron chi connectivity index (χ0n) is 10.1. The third-order valence-electron chi connectivity index (χ3n) is 2.67. The van der Waals surface area contributed by atoms with E-state index in [-0.39, 0.29) is 5.56 Å². The molecule has 0 aliphatic heterocycles. The van der Waals surface area contributed by atoms with Crippen LogP contribution in [-0.2, 0) is 6.54 Å². The molecule has 0 spiro atoms. The van der Waals surface area contributed by atoms with Crippen molar-refractivity contribution in [2.45, 2.75) is 19.9 Å². The number of hydrogen-bond acceptors (Lipinski definition) is 2. The second-order valence-electron chi connectivity index (χ2n) is 4.04. The molecule has 0 radical (unpaired) electrons. The minimum absolute atomic E-state index is 0.0525. The SMILES string of the molecule is CCCNCc1cn[nH]c1-c1c(F)cccc1F. The van der Waals surface area contributed by atoms with Crippen molar-refractivity contribution in [3.05, 3.63) is 41.6 Å². The maximum absolute atomic E-state index is 13.7. The average molecular weight is 251 g/mol. The molecule has 96 valence electrons. The topological polar surface area (TPSA) is 40.7 Å². The van der Waals surface area contributed by atoms with E-state index >= 15 is 0 Å². The highest BCUT2D eigenvalue weighted by atomic mass is 19.1. The summed E-state index contributed by atoms with van der Waals surface area (Å²) in [6.07, 6.45) is 2.59. The van der Waals surface area contributed by atoms with Crippen molar-refractivity contribution >= 4 is 0 Å². The van der Waals surface area contributed by atoms with Gasteiger partial charge in [0.15, 0.2) is 0 Å². The van der Waals surface area contributed by atoms with Crippen molar-refractivity contribution in [1.29, 1.82) is 0 Å². The summed E-state index contributed by atoms with van der Waals surface area (Å²) in [5.74, 6) is -1.17. The number of aromatic nitrogens is 2. The van der Waals surface area contributed by atoms with Crippen LogP contribution in [0.2, 0.25) is 0 Å². The molecule has 2 aromatic rings. The first-order valence-electron chi connectivity index (χ1n) is 5.91. The number of nitrogens with zero attached hydrogens (tertiary/aromatic N) is 1. The Morgan fingerprint density at radius 2 is 2.00 bits per heavy atom. The standard InChI is InChI=1S/C13H15F2N3/c1-2-6-16-7-9-8-17-18-13(9)12-10(14)4-3-5-11(12)15/h3-5,8,16H,2,6-7H2,1H3,(H,17,18). The van der Waals surface area contributed by atoms with Crippen molar-refractivity contribution in [2.75, 3.05) is 6.54 Å². The first-order chi connectivity index (χ1) is 8.74. The molecule has 0 fully saturated rings. The van der Waals surface area contributed by atoms with Gasteiger partial charge in [0, 0.05) is 12.1 Å². The van der Waals surface area contributed by atoms with Gasteiger partial charge in [-0.2, -0.15) is 5.10 Å². The van der Waals surface area contributed by atoms with Crippen LogP contribution < -0.4 is 5.32 Å². The predicted octanol–water partition coefficient (Wildman–Crippen LogP) is 2.85. The van der Waals surface area contributed by atoms with E-state index in [1.807, 2.05) is 0 Å². The molecule has 1 aromatic carbocycles. The van der Waals surface area contributed by atoms with Gasteiger partial charge >= 0.3 is 0 Å². The zero-order valence-corrected chi connectivity index (χ0v) is 10.1. The van der Waals surface area contributed by atoms with Crippen molar-refractivity contribution in [3.8, 4) is 11.3 Å². The van der Waals surface area contributed by atoms with Crippen LogP contribution in [0.15, 0.2) is 24.4 Å². The lowest BCUT2D eigenvalue weighted by atomic mass is 10.1. The number of H-pyrrole nitrogens is 1. The summed E-state index contributed by atoms with van der Waals surface area (Å²) in [5, 5.41) is 9.70. The Labute approximate surface area is 104 Å². The number of benzene rings is 1. The third-order valence-corrected chi connectivity index (χ3v) is 2.67. The second kappa shape index (κ2) is 5.73. The molecule has 0 unspecified atom stereocenters. The van der Waals surface area contributed by atoms with E-state index in [2.05, 4.69) is 22.4 Å². The van der Waals surface area contributed by atoms with Crippen LogP contribution in [0.25, 0.3) is 11.3 Å². The summed E-state index contributed by atoms with van der Waals surface area (Å²) in [7, 11) is 0. The normalized spacial score (nSPS) is 10.8. The summed E-state index contributed by atoms with van der Waals surface area (Å²) >= 11 is 0. The number of halogens is 2. The molecule has 0 bridgehead atoms. The molecule has 0 saturated carbocycles. The molecule has 2 rings (SSSR count). The van der Waals surface area contributed by atoms with E-state index in [0.717, 1.165) is 18.5 Å². The summed E-state index contributed by atoms with van der Waals surface area (Å²) < 4.78 is 27.3. The summed E-state index contributed by atoms with van der Waals surface area (Å²) in [6.45, 7) is 3.44. The fraction of sp³-hybridized carbons (Fsp3) is 0.308. The van der Waals surface area contributed by atoms with E-state index in [9.17, 15) is 8.78 Å². The second-order valence-corrected chi connectivity index (χ2v) is 4.04. The Morgan fingerprint density at radius 3 is 2.67 bits per heavy atom.